The van der Waals surface area contributed by atoms with Crippen molar-refractivity contribution in [3.63, 3.8) is 0 Å². The predicted molar refractivity (Wildman–Crippen MR) is 281 cm³/mol. The van der Waals surface area contributed by atoms with Crippen LogP contribution in [0.4, 0.5) is 19.2 Å². The second-order valence-corrected chi connectivity index (χ2v) is 19.5. The molecule has 0 aromatic carbocycles. The monoisotopic (exact) mass is 1070 g/mol. The first kappa shape index (κ1) is 69.1. The number of methoxy groups -OCH3 is 5. The number of nitrogens with one attached hydrogen (secondary N) is 8. The van der Waals surface area contributed by atoms with Gasteiger partial charge in [0.25, 0.3) is 0 Å². The highest BCUT2D eigenvalue weighted by Gasteiger charge is 2.28. The van der Waals surface area contributed by atoms with Gasteiger partial charge < -0.3 is 66.2 Å². The zero-order valence-electron chi connectivity index (χ0n) is 46.9. The van der Waals surface area contributed by atoms with Gasteiger partial charge in [0, 0.05) is 39.0 Å². The summed E-state index contributed by atoms with van der Waals surface area (Å²) in [7, 11) is 6.48. The van der Waals surface area contributed by atoms with Crippen LogP contribution in [0.3, 0.4) is 0 Å². The van der Waals surface area contributed by atoms with E-state index in [9.17, 15) is 47.9 Å². The van der Waals surface area contributed by atoms with Gasteiger partial charge in [-0.25, -0.2) is 38.4 Å². The minimum absolute atomic E-state index is 0.0842. The fraction of sp³-hybridized carbons (Fsp3) is 0.808. The van der Waals surface area contributed by atoms with Gasteiger partial charge in [0.2, 0.25) is 0 Å². The molecule has 5 atom stereocenters. The standard InChI is InChI=1S/C25H44N4O6.C18H32N2O6.C9H18N2O3/c1-16(22(30)34-3)28-24(32)26-14-20-9-5-18(6-10-20)13-19-7-11-21(12-8-19)15-27-25(33)29-17(2)23(31)35-4;1-13(16(22)25-3)12-15(21)10-8-6-5-7-9-11-19-18(24)20-14(2)17(23)26-4;1-4-5-6-10-9(13)11-7(2)8(12)14-3/h16-21H,5-15H2,1-4H3,(H2,26,28,32)(H2,27,29,33);13-14H,5-12H2,1-4H3,(H2,19,20,24);7H,4-6H2,1-3H3,(H2,10,11,13). The topological polar surface area (TPSA) is 313 Å². The van der Waals surface area contributed by atoms with Crippen LogP contribution in [-0.4, -0.2) is 146 Å². The number of urea groups is 4. The molecule has 2 aliphatic carbocycles. The zero-order chi connectivity index (χ0) is 56.7. The average Bonchev–Trinajstić information content (AvgIpc) is 3.40. The van der Waals surface area contributed by atoms with Crippen LogP contribution in [0.2, 0.25) is 0 Å². The number of carbonyl (C=O) groups is 10. The molecule has 0 heterocycles. The Hall–Kier alpha value is -5.90. The summed E-state index contributed by atoms with van der Waals surface area (Å²) in [6, 6.07) is -3.99. The molecule has 0 aromatic heterocycles. The summed E-state index contributed by atoms with van der Waals surface area (Å²) >= 11 is 0. The van der Waals surface area contributed by atoms with E-state index in [-0.39, 0.29) is 42.2 Å². The summed E-state index contributed by atoms with van der Waals surface area (Å²) in [4.78, 5) is 114. The van der Waals surface area contributed by atoms with Gasteiger partial charge in [-0.3, -0.25) is 9.59 Å². The number of unbranched alkanes of at least 4 members (excludes halogenated alkanes) is 5. The Morgan fingerprint density at radius 3 is 1.05 bits per heavy atom. The van der Waals surface area contributed by atoms with Crippen molar-refractivity contribution in [2.75, 3.05) is 61.7 Å². The number of hydrogen-bond donors (Lipinski definition) is 8. The van der Waals surface area contributed by atoms with Gasteiger partial charge in [-0.15, -0.1) is 0 Å². The SMILES string of the molecule is CCCCNC(=O)NC(C)C(=O)OC.COC(=O)C(C)CC(=O)CCCCCCCNC(=O)NC(C)C(=O)OC.COC(=O)C(C)NC(=O)NCC1CCC(CC2CCC(CNC(=O)NC(C)C(=O)OC)CC2)CC1. The summed E-state index contributed by atoms with van der Waals surface area (Å²) in [5.74, 6) is -0.0202. The molecule has 0 aliphatic heterocycles. The lowest BCUT2D eigenvalue weighted by Gasteiger charge is -2.34. The van der Waals surface area contributed by atoms with Crippen LogP contribution in [0.25, 0.3) is 0 Å². The zero-order valence-corrected chi connectivity index (χ0v) is 46.9. The van der Waals surface area contributed by atoms with Crippen LogP contribution in [0.15, 0.2) is 0 Å². The average molecular weight is 1070 g/mol. The predicted octanol–water partition coefficient (Wildman–Crippen LogP) is 5.31. The molecule has 2 fully saturated rings. The highest BCUT2D eigenvalue weighted by molar-refractivity contribution is 5.85. The molecule has 0 saturated heterocycles. The van der Waals surface area contributed by atoms with Gasteiger partial charge in [-0.1, -0.05) is 65.2 Å². The van der Waals surface area contributed by atoms with E-state index in [4.69, 9.17) is 0 Å². The Morgan fingerprint density at radius 1 is 0.400 bits per heavy atom. The fourth-order valence-electron chi connectivity index (χ4n) is 8.51. The molecule has 8 N–H and O–H groups in total. The highest BCUT2D eigenvalue weighted by atomic mass is 16.5. The van der Waals surface area contributed by atoms with Crippen LogP contribution in [0.1, 0.15) is 157 Å². The number of amides is 8. The van der Waals surface area contributed by atoms with Gasteiger partial charge >= 0.3 is 54.0 Å². The number of esters is 5. The largest absolute Gasteiger partial charge is 0.469 e. The highest BCUT2D eigenvalue weighted by Crippen LogP contribution is 2.38. The first-order chi connectivity index (χ1) is 35.6. The van der Waals surface area contributed by atoms with Crippen molar-refractivity contribution in [1.29, 1.82) is 0 Å². The van der Waals surface area contributed by atoms with Gasteiger partial charge in [0.15, 0.2) is 0 Å². The summed E-state index contributed by atoms with van der Waals surface area (Å²) < 4.78 is 22.8. The Morgan fingerprint density at radius 2 is 0.707 bits per heavy atom. The summed E-state index contributed by atoms with van der Waals surface area (Å²) in [6.45, 7) is 12.5. The summed E-state index contributed by atoms with van der Waals surface area (Å²) in [5.41, 5.74) is 0. The van der Waals surface area contributed by atoms with E-state index in [0.29, 0.717) is 44.4 Å². The lowest BCUT2D eigenvalue weighted by Crippen LogP contribution is -2.46. The molecule has 0 bridgehead atoms. The van der Waals surface area contributed by atoms with Crippen LogP contribution in [0.5, 0.6) is 0 Å². The van der Waals surface area contributed by atoms with Gasteiger partial charge in [0.05, 0.1) is 41.5 Å². The van der Waals surface area contributed by atoms with E-state index in [1.54, 1.807) is 34.6 Å². The molecule has 8 amide bonds. The van der Waals surface area contributed by atoms with Crippen molar-refractivity contribution in [2.24, 2.45) is 29.6 Å². The minimum atomic E-state index is -0.681. The number of hydrogen-bond acceptors (Lipinski definition) is 15. The molecule has 23 heteroatoms. The molecule has 0 aromatic rings. The minimum Gasteiger partial charge on any atom is -0.469 e. The van der Waals surface area contributed by atoms with E-state index >= 15 is 0 Å². The molecule has 2 saturated carbocycles. The van der Waals surface area contributed by atoms with Crippen LogP contribution >= 0.6 is 0 Å². The number of rotatable bonds is 28. The van der Waals surface area contributed by atoms with Crippen LogP contribution < -0.4 is 42.5 Å². The maximum atomic E-state index is 12.0. The van der Waals surface area contributed by atoms with E-state index < -0.39 is 54.1 Å². The Labute approximate surface area is 445 Å². The molecule has 5 unspecified atom stereocenters. The first-order valence-corrected chi connectivity index (χ1v) is 26.7. The molecule has 0 radical (unpaired) electrons. The lowest BCUT2D eigenvalue weighted by atomic mass is 9.73. The lowest BCUT2D eigenvalue weighted by molar-refractivity contribution is -0.146. The third-order valence-corrected chi connectivity index (χ3v) is 13.2. The van der Waals surface area contributed by atoms with Crippen molar-refractivity contribution >= 4 is 59.8 Å². The van der Waals surface area contributed by atoms with E-state index in [1.807, 2.05) is 6.92 Å². The Bertz CT molecular complexity index is 1620. The maximum absolute atomic E-state index is 12.0. The Kier molecular flexibility index (Phi) is 38.1. The van der Waals surface area contributed by atoms with E-state index in [1.165, 1.54) is 67.7 Å². The summed E-state index contributed by atoms with van der Waals surface area (Å²) in [6.07, 6.45) is 17.7. The van der Waals surface area contributed by atoms with E-state index in [2.05, 4.69) is 66.2 Å². The molecule has 23 nitrogen and oxygen atoms in total. The van der Waals surface area contributed by atoms with Gasteiger partial charge in [-0.05, 0) is 103 Å². The molecular weight excluding hydrogens is 977 g/mol. The Balaban J connectivity index is 0.00000120. The number of carbonyl (C=O) groups excluding carboxylic acids is 10. The third kappa shape index (κ3) is 33.6. The molecule has 2 rings (SSSR count). The van der Waals surface area contributed by atoms with Gasteiger partial charge in [0.1, 0.15) is 30.0 Å². The first-order valence-electron chi connectivity index (χ1n) is 26.7. The fourth-order valence-corrected chi connectivity index (χ4v) is 8.51. The second kappa shape index (κ2) is 41.4. The molecule has 75 heavy (non-hydrogen) atoms. The van der Waals surface area contributed by atoms with Crippen LogP contribution in [-0.2, 0) is 52.5 Å². The molecule has 0 spiro atoms. The number of ether oxygens (including phenoxy) is 5. The molecular formula is C52H94N8O15. The second-order valence-electron chi connectivity index (χ2n) is 19.5. The number of ketones is 1. The van der Waals surface area contributed by atoms with Crippen molar-refractivity contribution in [2.45, 2.75) is 181 Å². The van der Waals surface area contributed by atoms with E-state index in [0.717, 1.165) is 82.5 Å². The smallest absolute Gasteiger partial charge is 0.328 e. The molecule has 2 aliphatic rings. The van der Waals surface area contributed by atoms with Crippen molar-refractivity contribution in [3.8, 4) is 0 Å². The number of Topliss-reactive ketones (excluding diaryl/α,β-unsaturated/α-hetero) is 1. The summed E-state index contributed by atoms with van der Waals surface area (Å²) in [5, 5.41) is 21.2. The third-order valence-electron chi connectivity index (χ3n) is 13.2. The van der Waals surface area contributed by atoms with Crippen molar-refractivity contribution < 1.29 is 71.6 Å². The van der Waals surface area contributed by atoms with Gasteiger partial charge in [-0.2, -0.15) is 0 Å². The van der Waals surface area contributed by atoms with Crippen LogP contribution in [0, 0.1) is 29.6 Å². The quantitative estimate of drug-likeness (QED) is 0.0280. The normalized spacial score (nSPS) is 18.7. The van der Waals surface area contributed by atoms with Crippen molar-refractivity contribution in [1.82, 2.24) is 42.5 Å². The van der Waals surface area contributed by atoms with Crippen molar-refractivity contribution in [3.05, 3.63) is 0 Å². The molecule has 432 valence electrons. The maximum Gasteiger partial charge on any atom is 0.328 e.